The van der Waals surface area contributed by atoms with Gasteiger partial charge in [-0.15, -0.1) is 11.3 Å². The Kier molecular flexibility index (Phi) is 6.02. The first-order chi connectivity index (χ1) is 16.5. The zero-order valence-corrected chi connectivity index (χ0v) is 19.0. The maximum atomic E-state index is 12.3. The number of rotatable bonds is 7. The number of benzene rings is 2. The van der Waals surface area contributed by atoms with Gasteiger partial charge in [0, 0.05) is 17.3 Å². The van der Waals surface area contributed by atoms with E-state index in [2.05, 4.69) is 39.9 Å². The third kappa shape index (κ3) is 4.38. The van der Waals surface area contributed by atoms with Gasteiger partial charge in [-0.3, -0.25) is 9.59 Å². The van der Waals surface area contributed by atoms with Gasteiger partial charge in [-0.1, -0.05) is 48.5 Å². The van der Waals surface area contributed by atoms with Crippen molar-refractivity contribution in [3.63, 3.8) is 0 Å². The third-order valence-corrected chi connectivity index (χ3v) is 7.18. The monoisotopic (exact) mass is 477 g/mol. The highest BCUT2D eigenvalue weighted by molar-refractivity contribution is 7.09. The average molecular weight is 478 g/mol. The lowest BCUT2D eigenvalue weighted by atomic mass is 9.80. The fourth-order valence-corrected chi connectivity index (χ4v) is 5.20. The van der Waals surface area contributed by atoms with Gasteiger partial charge in [0.2, 0.25) is 0 Å². The van der Waals surface area contributed by atoms with Crippen LogP contribution in [-0.4, -0.2) is 40.7 Å². The molecule has 34 heavy (non-hydrogen) atoms. The average Bonchev–Trinajstić information content (AvgIpc) is 3.41. The second-order valence-electron chi connectivity index (χ2n) is 8.48. The number of carboxylic acids is 1. The third-order valence-electron chi connectivity index (χ3n) is 6.33. The van der Waals surface area contributed by atoms with E-state index in [4.69, 9.17) is 9.84 Å². The number of fused-ring (bicyclic) bond motifs is 3. The molecule has 1 fully saturated rings. The van der Waals surface area contributed by atoms with Crippen molar-refractivity contribution in [2.24, 2.45) is 5.92 Å². The number of ether oxygens (including phenoxy) is 1. The van der Waals surface area contributed by atoms with Crippen molar-refractivity contribution in [1.82, 2.24) is 15.6 Å². The summed E-state index contributed by atoms with van der Waals surface area (Å²) < 4.78 is 5.52. The summed E-state index contributed by atoms with van der Waals surface area (Å²) in [5.41, 5.74) is 4.89. The molecule has 1 heterocycles. The molecule has 0 radical (unpaired) electrons. The molecule has 2 aliphatic carbocycles. The van der Waals surface area contributed by atoms with E-state index in [1.54, 1.807) is 5.38 Å². The highest BCUT2D eigenvalue weighted by Crippen LogP contribution is 2.44. The van der Waals surface area contributed by atoms with E-state index in [1.807, 2.05) is 24.3 Å². The molecule has 2 aliphatic rings. The largest absolute Gasteiger partial charge is 0.481 e. The van der Waals surface area contributed by atoms with Crippen molar-refractivity contribution in [1.29, 1.82) is 0 Å². The lowest BCUT2D eigenvalue weighted by Crippen LogP contribution is -2.46. The van der Waals surface area contributed by atoms with Crippen LogP contribution in [-0.2, 0) is 16.1 Å². The topological polar surface area (TPSA) is 118 Å². The van der Waals surface area contributed by atoms with Crippen LogP contribution in [0.2, 0.25) is 0 Å². The summed E-state index contributed by atoms with van der Waals surface area (Å²) in [6.07, 6.45) is 0.320. The molecule has 3 aromatic rings. The van der Waals surface area contributed by atoms with Gasteiger partial charge in [0.1, 0.15) is 17.3 Å². The highest BCUT2D eigenvalue weighted by atomic mass is 32.1. The Balaban J connectivity index is 1.11. The van der Waals surface area contributed by atoms with Crippen molar-refractivity contribution in [2.75, 3.05) is 6.61 Å². The molecule has 8 nitrogen and oxygen atoms in total. The molecule has 9 heteroatoms. The highest BCUT2D eigenvalue weighted by Gasteiger charge is 2.35. The van der Waals surface area contributed by atoms with Crippen molar-refractivity contribution in [2.45, 2.75) is 31.3 Å². The van der Waals surface area contributed by atoms with E-state index in [1.165, 1.54) is 22.5 Å². The number of hydrogen-bond donors (Lipinski definition) is 3. The van der Waals surface area contributed by atoms with Crippen LogP contribution in [0.5, 0.6) is 0 Å². The maximum Gasteiger partial charge on any atom is 0.407 e. The summed E-state index contributed by atoms with van der Waals surface area (Å²) in [6, 6.07) is 16.1. The van der Waals surface area contributed by atoms with Gasteiger partial charge in [0.15, 0.2) is 0 Å². The van der Waals surface area contributed by atoms with Gasteiger partial charge in [-0.25, -0.2) is 9.78 Å². The summed E-state index contributed by atoms with van der Waals surface area (Å²) in [7, 11) is 0. The SMILES string of the molecule is O=C(NCc1nc(C(=O)NC2CC(C(=O)O)C2)cs1)OCC1c2ccccc2-c2ccccc21. The number of hydrogen-bond acceptors (Lipinski definition) is 6. The number of aromatic nitrogens is 1. The Hall–Kier alpha value is -3.72. The minimum atomic E-state index is -0.833. The smallest absolute Gasteiger partial charge is 0.407 e. The van der Waals surface area contributed by atoms with Gasteiger partial charge in [0.25, 0.3) is 5.91 Å². The lowest BCUT2D eigenvalue weighted by Gasteiger charge is -2.32. The first-order valence-corrected chi connectivity index (χ1v) is 11.9. The van der Waals surface area contributed by atoms with Crippen LogP contribution in [0.25, 0.3) is 11.1 Å². The number of thiazole rings is 1. The van der Waals surface area contributed by atoms with Crippen LogP contribution in [0.15, 0.2) is 53.9 Å². The van der Waals surface area contributed by atoms with Crippen LogP contribution < -0.4 is 10.6 Å². The Morgan fingerprint density at radius 1 is 1.03 bits per heavy atom. The van der Waals surface area contributed by atoms with Crippen molar-refractivity contribution in [3.05, 3.63) is 75.7 Å². The quantitative estimate of drug-likeness (QED) is 0.477. The van der Waals surface area contributed by atoms with E-state index in [0.717, 1.165) is 11.1 Å². The lowest BCUT2D eigenvalue weighted by molar-refractivity contribution is -0.145. The van der Waals surface area contributed by atoms with Crippen molar-refractivity contribution in [3.8, 4) is 11.1 Å². The second kappa shape index (κ2) is 9.26. The molecule has 174 valence electrons. The summed E-state index contributed by atoms with van der Waals surface area (Å²) in [5, 5.41) is 16.6. The number of carboxylic acid groups (broad SMARTS) is 1. The number of alkyl carbamates (subject to hydrolysis) is 1. The minimum Gasteiger partial charge on any atom is -0.481 e. The molecular weight excluding hydrogens is 454 g/mol. The summed E-state index contributed by atoms with van der Waals surface area (Å²) in [4.78, 5) is 39.8. The van der Waals surface area contributed by atoms with Crippen LogP contribution in [0.4, 0.5) is 4.79 Å². The molecule has 1 saturated carbocycles. The molecule has 2 amide bonds. The number of aliphatic carboxylic acids is 1. The molecular formula is C25H23N3O5S. The van der Waals surface area contributed by atoms with Gasteiger partial charge < -0.3 is 20.5 Å². The van der Waals surface area contributed by atoms with Crippen LogP contribution in [0.1, 0.15) is 45.4 Å². The number of carbonyl (C=O) groups excluding carboxylic acids is 2. The Bertz CT molecular complexity index is 1210. The van der Waals surface area contributed by atoms with Gasteiger partial charge in [-0.05, 0) is 35.1 Å². The van der Waals surface area contributed by atoms with Gasteiger partial charge in [0.05, 0.1) is 12.5 Å². The van der Waals surface area contributed by atoms with E-state index in [-0.39, 0.29) is 36.7 Å². The molecule has 0 bridgehead atoms. The summed E-state index contributed by atoms with van der Waals surface area (Å²) >= 11 is 1.27. The van der Waals surface area contributed by atoms with Crippen LogP contribution >= 0.6 is 11.3 Å². The minimum absolute atomic E-state index is 0.0134. The molecule has 2 aromatic carbocycles. The number of amides is 2. The Morgan fingerprint density at radius 2 is 1.68 bits per heavy atom. The van der Waals surface area contributed by atoms with Crippen molar-refractivity contribution < 1.29 is 24.2 Å². The molecule has 0 aliphatic heterocycles. The van der Waals surface area contributed by atoms with Crippen LogP contribution in [0.3, 0.4) is 0 Å². The molecule has 0 unspecified atom stereocenters. The summed E-state index contributed by atoms with van der Waals surface area (Å²) in [5.74, 6) is -1.57. The van der Waals surface area contributed by atoms with Gasteiger partial charge in [-0.2, -0.15) is 0 Å². The van der Waals surface area contributed by atoms with E-state index in [0.29, 0.717) is 17.8 Å². The Labute approximate surface area is 200 Å². The fourth-order valence-electron chi connectivity index (χ4n) is 4.49. The molecule has 0 atom stereocenters. The Morgan fingerprint density at radius 3 is 2.32 bits per heavy atom. The zero-order valence-electron chi connectivity index (χ0n) is 18.2. The van der Waals surface area contributed by atoms with Crippen LogP contribution in [0, 0.1) is 5.92 Å². The maximum absolute atomic E-state index is 12.3. The van der Waals surface area contributed by atoms with E-state index >= 15 is 0 Å². The number of nitrogens with zero attached hydrogens (tertiary/aromatic N) is 1. The molecule has 0 spiro atoms. The van der Waals surface area contributed by atoms with E-state index < -0.39 is 18.0 Å². The normalized spacial score (nSPS) is 18.4. The number of nitrogens with one attached hydrogen (secondary N) is 2. The fraction of sp³-hybridized carbons (Fsp3) is 0.280. The molecule has 1 aromatic heterocycles. The predicted octanol–water partition coefficient (Wildman–Crippen LogP) is 3.77. The van der Waals surface area contributed by atoms with Crippen molar-refractivity contribution >= 4 is 29.3 Å². The second-order valence-corrected chi connectivity index (χ2v) is 9.43. The number of carbonyl (C=O) groups is 3. The summed E-state index contributed by atoms with van der Waals surface area (Å²) in [6.45, 7) is 0.378. The predicted molar refractivity (Wildman–Crippen MR) is 126 cm³/mol. The van der Waals surface area contributed by atoms with E-state index in [9.17, 15) is 14.4 Å². The molecule has 3 N–H and O–H groups in total. The van der Waals surface area contributed by atoms with Gasteiger partial charge >= 0.3 is 12.1 Å². The zero-order chi connectivity index (χ0) is 23.7. The standard InChI is InChI=1S/C25H23N3O5S/c29-23(27-15-9-14(10-15)24(30)31)21-13-34-22(28-21)11-26-25(32)33-12-20-18-7-3-1-5-16(18)17-6-2-4-8-19(17)20/h1-8,13-15,20H,9-12H2,(H,26,32)(H,27,29)(H,30,31). The molecule has 0 saturated heterocycles. The first-order valence-electron chi connectivity index (χ1n) is 11.1. The first kappa shape index (κ1) is 22.1. The molecule has 5 rings (SSSR count).